The number of aromatic nitrogens is 2. The molecule has 10 heteroatoms. The molecule has 0 aliphatic heterocycles. The van der Waals surface area contributed by atoms with Crippen molar-refractivity contribution in [2.75, 3.05) is 7.11 Å². The lowest BCUT2D eigenvalue weighted by molar-refractivity contribution is -0.162. The van der Waals surface area contributed by atoms with Gasteiger partial charge in [-0.2, -0.15) is 26.3 Å². The van der Waals surface area contributed by atoms with Gasteiger partial charge in [-0.05, 0) is 12.1 Å². The maximum atomic E-state index is 13.0. The Morgan fingerprint density at radius 1 is 0.957 bits per heavy atom. The Labute approximate surface area is 130 Å². The lowest BCUT2D eigenvalue weighted by atomic mass is 10.0. The van der Waals surface area contributed by atoms with Gasteiger partial charge in [-0.15, -0.1) is 0 Å². The largest absolute Gasteiger partial charge is 0.479 e. The average molecular weight is 357 g/mol. The van der Waals surface area contributed by atoms with Crippen molar-refractivity contribution in [2.45, 2.75) is 12.4 Å². The molecule has 124 valence electrons. The Kier molecular flexibility index (Phi) is 4.43. The van der Waals surface area contributed by atoms with Gasteiger partial charge in [-0.3, -0.25) is 0 Å². The molecule has 0 saturated heterocycles. The molecule has 0 saturated carbocycles. The van der Waals surface area contributed by atoms with Crippen LogP contribution < -0.4 is 4.74 Å². The van der Waals surface area contributed by atoms with Gasteiger partial charge in [0.15, 0.2) is 0 Å². The van der Waals surface area contributed by atoms with Crippen LogP contribution in [0, 0.1) is 0 Å². The number of rotatable bonds is 2. The van der Waals surface area contributed by atoms with Gasteiger partial charge in [-0.25, -0.2) is 9.97 Å². The van der Waals surface area contributed by atoms with Crippen molar-refractivity contribution in [3.05, 3.63) is 40.7 Å². The van der Waals surface area contributed by atoms with E-state index in [1.165, 1.54) is 13.3 Å². The van der Waals surface area contributed by atoms with Crippen molar-refractivity contribution in [2.24, 2.45) is 0 Å². The summed E-state index contributed by atoms with van der Waals surface area (Å²) in [6, 6.07) is 1.06. The highest BCUT2D eigenvalue weighted by molar-refractivity contribution is 6.31. The predicted octanol–water partition coefficient (Wildman–Crippen LogP) is 4.84. The van der Waals surface area contributed by atoms with Crippen molar-refractivity contribution < 1.29 is 31.1 Å². The zero-order valence-electron chi connectivity index (χ0n) is 11.3. The Hall–Kier alpha value is -2.03. The zero-order valence-corrected chi connectivity index (χ0v) is 12.0. The Balaban J connectivity index is 2.77. The van der Waals surface area contributed by atoms with Crippen molar-refractivity contribution in [3.8, 4) is 17.1 Å². The van der Waals surface area contributed by atoms with Gasteiger partial charge in [0.25, 0.3) is 0 Å². The zero-order chi connectivity index (χ0) is 17.4. The molecule has 0 unspecified atom stereocenters. The summed E-state index contributed by atoms with van der Waals surface area (Å²) in [4.78, 5) is 7.52. The molecule has 0 aliphatic carbocycles. The molecule has 1 aromatic carbocycles. The fourth-order valence-electron chi connectivity index (χ4n) is 1.93. The van der Waals surface area contributed by atoms with E-state index in [1.807, 2.05) is 0 Å². The van der Waals surface area contributed by atoms with Crippen molar-refractivity contribution in [1.29, 1.82) is 0 Å². The first-order valence-electron chi connectivity index (χ1n) is 5.89. The molecule has 2 rings (SSSR count). The van der Waals surface area contributed by atoms with Crippen LogP contribution in [-0.4, -0.2) is 17.1 Å². The number of halogens is 7. The van der Waals surface area contributed by atoms with Gasteiger partial charge in [0.1, 0.15) is 5.69 Å². The minimum absolute atomic E-state index is 0.142. The molecule has 0 bridgehead atoms. The maximum absolute atomic E-state index is 13.0. The third kappa shape index (κ3) is 3.49. The lowest BCUT2D eigenvalue weighted by Gasteiger charge is -2.18. The van der Waals surface area contributed by atoms with Crippen LogP contribution in [0.4, 0.5) is 26.3 Å². The van der Waals surface area contributed by atoms with E-state index in [1.54, 1.807) is 0 Å². The molecule has 2 aromatic rings. The number of ether oxygens (including phenoxy) is 1. The molecule has 0 fully saturated rings. The number of hydrogen-bond acceptors (Lipinski definition) is 3. The second kappa shape index (κ2) is 5.88. The molecule has 0 spiro atoms. The quantitative estimate of drug-likeness (QED) is 0.722. The van der Waals surface area contributed by atoms with Crippen LogP contribution in [0.15, 0.2) is 24.5 Å². The molecule has 0 aliphatic rings. The number of methoxy groups -OCH3 is 1. The first-order valence-corrected chi connectivity index (χ1v) is 6.26. The first kappa shape index (κ1) is 17.3. The van der Waals surface area contributed by atoms with Gasteiger partial charge in [-0.1, -0.05) is 11.6 Å². The number of benzene rings is 1. The van der Waals surface area contributed by atoms with E-state index in [9.17, 15) is 26.3 Å². The highest BCUT2D eigenvalue weighted by Crippen LogP contribution is 2.46. The summed E-state index contributed by atoms with van der Waals surface area (Å²) in [6.07, 6.45) is -8.12. The number of alkyl halides is 6. The summed E-state index contributed by atoms with van der Waals surface area (Å²) < 4.78 is 82.5. The Morgan fingerprint density at radius 2 is 1.57 bits per heavy atom. The lowest BCUT2D eigenvalue weighted by Crippen LogP contribution is -2.17. The van der Waals surface area contributed by atoms with Crippen molar-refractivity contribution >= 4 is 11.6 Å². The highest BCUT2D eigenvalue weighted by Gasteiger charge is 2.45. The Bertz CT molecular complexity index is 729. The van der Waals surface area contributed by atoms with Crippen molar-refractivity contribution in [3.63, 3.8) is 0 Å². The maximum Gasteiger partial charge on any atom is 0.418 e. The van der Waals surface area contributed by atoms with Gasteiger partial charge in [0.2, 0.25) is 5.88 Å². The Morgan fingerprint density at radius 3 is 2.09 bits per heavy atom. The van der Waals surface area contributed by atoms with Crippen LogP contribution in [0.25, 0.3) is 11.3 Å². The van der Waals surface area contributed by atoms with Gasteiger partial charge in [0, 0.05) is 18.0 Å². The third-order valence-electron chi connectivity index (χ3n) is 2.81. The molecule has 1 aromatic heterocycles. The predicted molar refractivity (Wildman–Crippen MR) is 69.0 cm³/mol. The molecular formula is C13H7ClF6N2O. The molecule has 23 heavy (non-hydrogen) atoms. The topological polar surface area (TPSA) is 35.0 Å². The molecule has 1 heterocycles. The highest BCUT2D eigenvalue weighted by atomic mass is 35.5. The van der Waals surface area contributed by atoms with E-state index in [0.29, 0.717) is 6.07 Å². The molecule has 0 radical (unpaired) electrons. The van der Waals surface area contributed by atoms with Gasteiger partial charge >= 0.3 is 12.4 Å². The van der Waals surface area contributed by atoms with Crippen LogP contribution in [0.2, 0.25) is 5.02 Å². The normalized spacial score (nSPS) is 12.3. The van der Waals surface area contributed by atoms with Gasteiger partial charge < -0.3 is 4.74 Å². The summed E-state index contributed by atoms with van der Waals surface area (Å²) in [7, 11) is 1.20. The fraction of sp³-hybridized carbons (Fsp3) is 0.231. The second-order valence-electron chi connectivity index (χ2n) is 4.29. The molecule has 0 atom stereocenters. The minimum atomic E-state index is -5.26. The average Bonchev–Trinajstić information content (AvgIpc) is 2.44. The van der Waals surface area contributed by atoms with E-state index >= 15 is 0 Å². The van der Waals surface area contributed by atoms with E-state index in [2.05, 4.69) is 9.97 Å². The molecular weight excluding hydrogens is 350 g/mol. The van der Waals surface area contributed by atoms with E-state index in [-0.39, 0.29) is 17.1 Å². The summed E-state index contributed by atoms with van der Waals surface area (Å²) in [5, 5.41) is -1.09. The second-order valence-corrected chi connectivity index (χ2v) is 4.70. The SMILES string of the molecule is COc1nccnc1-c1cc(Cl)c(C(F)(F)F)c(C(F)(F)F)c1. The third-order valence-corrected chi connectivity index (χ3v) is 3.11. The number of nitrogens with zero attached hydrogens (tertiary/aromatic N) is 2. The summed E-state index contributed by atoms with van der Waals surface area (Å²) in [6.45, 7) is 0. The van der Waals surface area contributed by atoms with E-state index in [0.717, 1.165) is 12.3 Å². The van der Waals surface area contributed by atoms with Crippen molar-refractivity contribution in [1.82, 2.24) is 9.97 Å². The standard InChI is InChI=1S/C13H7ClF6N2O/c1-23-11-10(21-2-3-22-11)6-4-7(12(15,16)17)9(8(14)5-6)13(18,19)20/h2-5H,1H3. The van der Waals surface area contributed by atoms with Crippen LogP contribution >= 0.6 is 11.6 Å². The van der Waals surface area contributed by atoms with E-state index in [4.69, 9.17) is 16.3 Å². The van der Waals surface area contributed by atoms with Crippen LogP contribution in [0.5, 0.6) is 5.88 Å². The first-order chi connectivity index (χ1) is 10.6. The van der Waals surface area contributed by atoms with Gasteiger partial charge in [0.05, 0.1) is 23.3 Å². The summed E-state index contributed by atoms with van der Waals surface area (Å²) in [5.74, 6) is -0.142. The monoisotopic (exact) mass is 356 g/mol. The molecule has 3 nitrogen and oxygen atoms in total. The van der Waals surface area contributed by atoms with E-state index < -0.39 is 28.5 Å². The van der Waals surface area contributed by atoms with Crippen LogP contribution in [0.1, 0.15) is 11.1 Å². The summed E-state index contributed by atoms with van der Waals surface area (Å²) in [5.41, 5.74) is -4.30. The smallest absolute Gasteiger partial charge is 0.418 e. The fourth-order valence-corrected chi connectivity index (χ4v) is 2.25. The minimum Gasteiger partial charge on any atom is -0.479 e. The molecule has 0 amide bonds. The van der Waals surface area contributed by atoms with Crippen LogP contribution in [-0.2, 0) is 12.4 Å². The molecule has 0 N–H and O–H groups in total. The van der Waals surface area contributed by atoms with Crippen LogP contribution in [0.3, 0.4) is 0 Å². The summed E-state index contributed by atoms with van der Waals surface area (Å²) >= 11 is 5.46. The number of hydrogen-bond donors (Lipinski definition) is 0.